The Morgan fingerprint density at radius 3 is 2.53 bits per heavy atom. The summed E-state index contributed by atoms with van der Waals surface area (Å²) in [4.78, 5) is 23.0. The Kier molecular flexibility index (Phi) is 3.94. The molecule has 2 rings (SSSR count). The Balaban J connectivity index is 2.10. The van der Waals surface area contributed by atoms with Crippen LogP contribution in [0.4, 0.5) is 10.1 Å². The third-order valence-corrected chi connectivity index (χ3v) is 3.16. The average Bonchev–Trinajstić information content (AvgIpc) is 2.38. The molecule has 100 valence electrons. The lowest BCUT2D eigenvalue weighted by Crippen LogP contribution is -2.41. The molecule has 0 unspecified atom stereocenters. The minimum Gasteiger partial charge on any atom is -0.550 e. The van der Waals surface area contributed by atoms with Gasteiger partial charge in [0.2, 0.25) is 5.91 Å². The summed E-state index contributed by atoms with van der Waals surface area (Å²) in [5.41, 5.74) is 0.316. The van der Waals surface area contributed by atoms with Crippen LogP contribution in [0.2, 0.25) is 0 Å². The molecule has 0 saturated heterocycles. The van der Waals surface area contributed by atoms with Gasteiger partial charge in [0, 0.05) is 17.6 Å². The van der Waals surface area contributed by atoms with Crippen molar-refractivity contribution < 1.29 is 19.1 Å². The minimum absolute atomic E-state index is 0.281. The molecule has 4 nitrogen and oxygen atoms in total. The second-order valence-electron chi connectivity index (χ2n) is 4.47. The van der Waals surface area contributed by atoms with Crippen LogP contribution < -0.4 is 10.4 Å². The highest BCUT2D eigenvalue weighted by atomic mass is 19.1. The molecule has 1 aliphatic rings. The maximum absolute atomic E-state index is 13.0. The summed E-state index contributed by atoms with van der Waals surface area (Å²) < 4.78 is 13.0. The summed E-state index contributed by atoms with van der Waals surface area (Å²) in [5.74, 6) is -3.64. The number of halogens is 1. The molecule has 0 aromatic heterocycles. The highest BCUT2D eigenvalue weighted by Crippen LogP contribution is 2.26. The topological polar surface area (TPSA) is 69.2 Å². The van der Waals surface area contributed by atoms with E-state index in [1.165, 1.54) is 18.2 Å². The Labute approximate surface area is 109 Å². The first-order valence-corrected chi connectivity index (χ1v) is 6.00. The largest absolute Gasteiger partial charge is 0.550 e. The lowest BCUT2D eigenvalue weighted by molar-refractivity contribution is -0.313. The van der Waals surface area contributed by atoms with Gasteiger partial charge in [0.05, 0.1) is 5.92 Å². The van der Waals surface area contributed by atoms with Crippen LogP contribution in [-0.2, 0) is 9.59 Å². The predicted octanol–water partition coefficient (Wildman–Crippen LogP) is 1.10. The number of carbonyl (C=O) groups is 2. The molecule has 2 atom stereocenters. The molecule has 0 saturated carbocycles. The Bertz CT molecular complexity index is 527. The van der Waals surface area contributed by atoms with Gasteiger partial charge in [0.1, 0.15) is 5.82 Å². The lowest BCUT2D eigenvalue weighted by atomic mass is 9.82. The van der Waals surface area contributed by atoms with Gasteiger partial charge in [-0.25, -0.2) is 4.39 Å². The molecule has 0 aliphatic heterocycles. The van der Waals surface area contributed by atoms with Crippen LogP contribution in [0.25, 0.3) is 0 Å². The highest BCUT2D eigenvalue weighted by Gasteiger charge is 2.29. The number of benzene rings is 1. The van der Waals surface area contributed by atoms with E-state index >= 15 is 0 Å². The Hall–Kier alpha value is -2.17. The monoisotopic (exact) mass is 262 g/mol. The molecule has 1 N–H and O–H groups in total. The van der Waals surface area contributed by atoms with E-state index in [1.54, 1.807) is 18.2 Å². The molecule has 0 heterocycles. The molecule has 5 heteroatoms. The first kappa shape index (κ1) is 13.3. The molecular weight excluding hydrogens is 249 g/mol. The van der Waals surface area contributed by atoms with Crippen LogP contribution in [0, 0.1) is 17.7 Å². The molecule has 0 bridgehead atoms. The van der Waals surface area contributed by atoms with Gasteiger partial charge in [0.25, 0.3) is 0 Å². The molecule has 1 aliphatic carbocycles. The minimum atomic E-state index is -1.23. The predicted molar refractivity (Wildman–Crippen MR) is 65.4 cm³/mol. The molecule has 0 fully saturated rings. The first-order valence-electron chi connectivity index (χ1n) is 6.00. The quantitative estimate of drug-likeness (QED) is 0.829. The van der Waals surface area contributed by atoms with E-state index in [2.05, 4.69) is 5.32 Å². The smallest absolute Gasteiger partial charge is 0.228 e. The van der Waals surface area contributed by atoms with E-state index in [9.17, 15) is 19.1 Å². The van der Waals surface area contributed by atoms with Crippen molar-refractivity contribution in [1.29, 1.82) is 0 Å². The second kappa shape index (κ2) is 5.65. The number of anilines is 1. The summed E-state index contributed by atoms with van der Waals surface area (Å²) in [7, 11) is 0. The van der Waals surface area contributed by atoms with E-state index in [0.717, 1.165) is 0 Å². The summed E-state index contributed by atoms with van der Waals surface area (Å²) in [6.07, 6.45) is 4.13. The number of carboxylic acids is 1. The molecule has 0 spiro atoms. The summed E-state index contributed by atoms with van der Waals surface area (Å²) >= 11 is 0. The van der Waals surface area contributed by atoms with E-state index in [-0.39, 0.29) is 6.42 Å². The number of rotatable bonds is 3. The van der Waals surface area contributed by atoms with E-state index in [4.69, 9.17) is 0 Å². The zero-order valence-corrected chi connectivity index (χ0v) is 10.1. The fourth-order valence-corrected chi connectivity index (χ4v) is 2.17. The zero-order valence-electron chi connectivity index (χ0n) is 10.1. The van der Waals surface area contributed by atoms with Crippen molar-refractivity contribution in [2.75, 3.05) is 5.32 Å². The van der Waals surface area contributed by atoms with Crippen LogP contribution in [0.1, 0.15) is 12.8 Å². The average molecular weight is 262 g/mol. The number of nitrogens with one attached hydrogen (secondary N) is 1. The van der Waals surface area contributed by atoms with Gasteiger partial charge in [-0.15, -0.1) is 0 Å². The summed E-state index contributed by atoms with van der Waals surface area (Å²) in [5, 5.41) is 13.5. The second-order valence-corrected chi connectivity index (χ2v) is 4.47. The normalized spacial score (nSPS) is 21.9. The Morgan fingerprint density at radius 1 is 1.21 bits per heavy atom. The summed E-state index contributed by atoms with van der Waals surface area (Å²) in [6, 6.07) is 5.48. The van der Waals surface area contributed by atoms with Gasteiger partial charge in [-0.05, 0) is 31.0 Å². The summed E-state index contributed by atoms with van der Waals surface area (Å²) in [6.45, 7) is 0. The van der Waals surface area contributed by atoms with Crippen molar-refractivity contribution in [3.05, 3.63) is 42.2 Å². The fraction of sp³-hybridized carbons (Fsp3) is 0.286. The molecule has 1 aromatic carbocycles. The number of hydrogen-bond acceptors (Lipinski definition) is 3. The van der Waals surface area contributed by atoms with Crippen molar-refractivity contribution in [3.63, 3.8) is 0 Å². The van der Waals surface area contributed by atoms with Crippen molar-refractivity contribution >= 4 is 17.6 Å². The first-order chi connectivity index (χ1) is 9.08. The number of carboxylic acid groups (broad SMARTS) is 1. The highest BCUT2D eigenvalue weighted by molar-refractivity contribution is 5.95. The SMILES string of the molecule is O=C(Nc1cccc(F)c1)[C@H]1CC=CC[C@H]1C(=O)[O-]. The van der Waals surface area contributed by atoms with Crippen LogP contribution in [0.3, 0.4) is 0 Å². The van der Waals surface area contributed by atoms with Gasteiger partial charge >= 0.3 is 0 Å². The van der Waals surface area contributed by atoms with Gasteiger partial charge in [-0.3, -0.25) is 4.79 Å². The number of allylic oxidation sites excluding steroid dienone is 2. The van der Waals surface area contributed by atoms with E-state index in [0.29, 0.717) is 12.1 Å². The molecule has 19 heavy (non-hydrogen) atoms. The van der Waals surface area contributed by atoms with Gasteiger partial charge in [-0.2, -0.15) is 0 Å². The standard InChI is InChI=1S/C14H14FNO3/c15-9-4-3-5-10(8-9)16-13(17)11-6-1-2-7-12(11)14(18)19/h1-5,8,11-12H,6-7H2,(H,16,17)(H,18,19)/p-1/t11-,12+/m0/s1. The van der Waals surface area contributed by atoms with Crippen LogP contribution >= 0.6 is 0 Å². The maximum Gasteiger partial charge on any atom is 0.228 e. The molecule has 1 amide bonds. The Morgan fingerprint density at radius 2 is 1.89 bits per heavy atom. The number of carbonyl (C=O) groups excluding carboxylic acids is 2. The lowest BCUT2D eigenvalue weighted by Gasteiger charge is -2.28. The number of amides is 1. The van der Waals surface area contributed by atoms with Gasteiger partial charge < -0.3 is 15.2 Å². The molecule has 1 aromatic rings. The number of hydrogen-bond donors (Lipinski definition) is 1. The molecular formula is C14H13FNO3-. The molecule has 0 radical (unpaired) electrons. The zero-order chi connectivity index (χ0) is 13.8. The third-order valence-electron chi connectivity index (χ3n) is 3.16. The van der Waals surface area contributed by atoms with Crippen molar-refractivity contribution in [2.45, 2.75) is 12.8 Å². The fourth-order valence-electron chi connectivity index (χ4n) is 2.17. The van der Waals surface area contributed by atoms with Crippen LogP contribution in [-0.4, -0.2) is 11.9 Å². The van der Waals surface area contributed by atoms with E-state index in [1.807, 2.05) is 0 Å². The van der Waals surface area contributed by atoms with Crippen molar-refractivity contribution in [1.82, 2.24) is 0 Å². The van der Waals surface area contributed by atoms with Gasteiger partial charge in [-0.1, -0.05) is 18.2 Å². The van der Waals surface area contributed by atoms with Gasteiger partial charge in [0.15, 0.2) is 0 Å². The van der Waals surface area contributed by atoms with Crippen molar-refractivity contribution in [3.8, 4) is 0 Å². The van der Waals surface area contributed by atoms with E-state index < -0.39 is 29.5 Å². The number of aliphatic carboxylic acids is 1. The van der Waals surface area contributed by atoms with Crippen LogP contribution in [0.5, 0.6) is 0 Å². The third kappa shape index (κ3) is 3.19. The maximum atomic E-state index is 13.0. The van der Waals surface area contributed by atoms with Crippen molar-refractivity contribution in [2.24, 2.45) is 11.8 Å². The van der Waals surface area contributed by atoms with Crippen LogP contribution in [0.15, 0.2) is 36.4 Å².